The maximum Gasteiger partial charge on any atom is 0.319 e. The maximum absolute atomic E-state index is 10.00. The van der Waals surface area contributed by atoms with Crippen LogP contribution >= 0.6 is 0 Å². The average molecular weight is 276 g/mol. The van der Waals surface area contributed by atoms with Crippen molar-refractivity contribution in [1.29, 1.82) is 0 Å². The monoisotopic (exact) mass is 276 g/mol. The summed E-state index contributed by atoms with van der Waals surface area (Å²) in [5.41, 5.74) is 0. The van der Waals surface area contributed by atoms with Gasteiger partial charge in [-0.05, 0) is 0 Å². The summed E-state index contributed by atoms with van der Waals surface area (Å²) >= 11 is 0. The predicted molar refractivity (Wildman–Crippen MR) is 53.2 cm³/mol. The lowest BCUT2D eigenvalue weighted by atomic mass is 10.9. The zero-order chi connectivity index (χ0) is 13.6. The molecule has 0 unspecified atom stereocenters. The SMILES string of the molecule is CC(=O)OS(C)(=O)=O.CC(=O)OS(C)(=O)=O. The van der Waals surface area contributed by atoms with Crippen molar-refractivity contribution >= 4 is 32.2 Å². The summed E-state index contributed by atoms with van der Waals surface area (Å²) in [7, 11) is -7.15. The molecule has 0 atom stereocenters. The highest BCUT2D eigenvalue weighted by atomic mass is 32.2. The van der Waals surface area contributed by atoms with Gasteiger partial charge in [-0.25, -0.2) is 0 Å². The van der Waals surface area contributed by atoms with Gasteiger partial charge in [-0.15, -0.1) is 0 Å². The minimum atomic E-state index is -3.57. The molecule has 0 radical (unpaired) electrons. The highest BCUT2D eigenvalue weighted by Crippen LogP contribution is 1.85. The van der Waals surface area contributed by atoms with Crippen LogP contribution in [0, 0.1) is 0 Å². The van der Waals surface area contributed by atoms with Crippen molar-refractivity contribution in [2.24, 2.45) is 0 Å². The van der Waals surface area contributed by atoms with E-state index in [2.05, 4.69) is 8.37 Å². The third kappa shape index (κ3) is 23.0. The smallest absolute Gasteiger partial charge is 0.319 e. The first kappa shape index (κ1) is 17.2. The molecule has 8 nitrogen and oxygen atoms in total. The molecule has 0 rings (SSSR count). The van der Waals surface area contributed by atoms with E-state index in [4.69, 9.17) is 0 Å². The third-order valence-corrected chi connectivity index (χ3v) is 1.61. The van der Waals surface area contributed by atoms with Gasteiger partial charge in [0.1, 0.15) is 0 Å². The number of carbonyl (C=O) groups excluding carboxylic acids is 2. The standard InChI is InChI=1S/2C3H6O4S/c2*1-3(4)7-8(2,5)6/h2*1-2H3. The predicted octanol–water partition coefficient (Wildman–Crippen LogP) is -0.982. The Labute approximate surface area is 93.8 Å². The molecule has 96 valence electrons. The van der Waals surface area contributed by atoms with Gasteiger partial charge >= 0.3 is 32.2 Å². The number of carbonyl (C=O) groups is 2. The fourth-order valence-electron chi connectivity index (χ4n) is 0.426. The molecule has 0 aromatic heterocycles. The van der Waals surface area contributed by atoms with Crippen molar-refractivity contribution in [2.75, 3.05) is 12.5 Å². The summed E-state index contributed by atoms with van der Waals surface area (Å²) in [5.74, 6) is -1.62. The van der Waals surface area contributed by atoms with Gasteiger partial charge in [0.25, 0.3) is 0 Å². The summed E-state index contributed by atoms with van der Waals surface area (Å²) in [6.07, 6.45) is 1.63. The molecule has 0 amide bonds. The van der Waals surface area contributed by atoms with Crippen LogP contribution in [0.4, 0.5) is 0 Å². The van der Waals surface area contributed by atoms with Gasteiger partial charge in [0.05, 0.1) is 12.5 Å². The summed E-state index contributed by atoms with van der Waals surface area (Å²) in [6.45, 7) is 2.06. The van der Waals surface area contributed by atoms with Crippen LogP contribution in [0.5, 0.6) is 0 Å². The van der Waals surface area contributed by atoms with E-state index in [-0.39, 0.29) is 0 Å². The van der Waals surface area contributed by atoms with Gasteiger partial charge in [-0.3, -0.25) is 9.59 Å². The van der Waals surface area contributed by atoms with Crippen molar-refractivity contribution in [3.63, 3.8) is 0 Å². The van der Waals surface area contributed by atoms with Crippen molar-refractivity contribution in [3.05, 3.63) is 0 Å². The van der Waals surface area contributed by atoms with E-state index in [1.807, 2.05) is 0 Å². The molecule has 0 aliphatic carbocycles. The van der Waals surface area contributed by atoms with Gasteiger partial charge in [0.15, 0.2) is 0 Å². The molecule has 0 aliphatic rings. The fourth-order valence-corrected chi connectivity index (χ4v) is 1.28. The first-order valence-electron chi connectivity index (χ1n) is 3.63. The lowest BCUT2D eigenvalue weighted by Crippen LogP contribution is -2.06. The van der Waals surface area contributed by atoms with Crippen LogP contribution in [0.2, 0.25) is 0 Å². The third-order valence-electron chi connectivity index (χ3n) is 0.537. The Morgan fingerprint density at radius 3 is 0.938 bits per heavy atom. The second-order valence-corrected chi connectivity index (χ2v) is 5.71. The maximum atomic E-state index is 10.00. The summed E-state index contributed by atoms with van der Waals surface area (Å²) in [6, 6.07) is 0. The molecular weight excluding hydrogens is 264 g/mol. The van der Waals surface area contributed by atoms with E-state index >= 15 is 0 Å². The fraction of sp³-hybridized carbons (Fsp3) is 0.667. The first-order chi connectivity index (χ1) is 6.83. The van der Waals surface area contributed by atoms with Crippen LogP contribution in [0.1, 0.15) is 13.8 Å². The van der Waals surface area contributed by atoms with Crippen LogP contribution in [-0.2, 0) is 38.2 Å². The Morgan fingerprint density at radius 1 is 0.750 bits per heavy atom. The van der Waals surface area contributed by atoms with Crippen LogP contribution in [0.3, 0.4) is 0 Å². The number of hydrogen-bond acceptors (Lipinski definition) is 8. The molecule has 0 aromatic carbocycles. The highest BCUT2D eigenvalue weighted by Gasteiger charge is 2.03. The largest absolute Gasteiger partial charge is 0.346 e. The molecule has 0 spiro atoms. The molecule has 10 heteroatoms. The van der Waals surface area contributed by atoms with Gasteiger partial charge in [-0.2, -0.15) is 16.8 Å². The van der Waals surface area contributed by atoms with Gasteiger partial charge < -0.3 is 8.37 Å². The van der Waals surface area contributed by atoms with E-state index in [1.165, 1.54) is 0 Å². The van der Waals surface area contributed by atoms with Crippen LogP contribution < -0.4 is 0 Å². The molecule has 0 aliphatic heterocycles. The first-order valence-corrected chi connectivity index (χ1v) is 7.27. The summed E-state index contributed by atoms with van der Waals surface area (Å²) in [4.78, 5) is 19.7. The quantitative estimate of drug-likeness (QED) is 0.590. The highest BCUT2D eigenvalue weighted by molar-refractivity contribution is 7.86. The zero-order valence-corrected chi connectivity index (χ0v) is 10.7. The average Bonchev–Trinajstić information content (AvgIpc) is 1.72. The van der Waals surface area contributed by atoms with E-state index in [0.29, 0.717) is 0 Å². The minimum Gasteiger partial charge on any atom is -0.346 e. The summed E-state index contributed by atoms with van der Waals surface area (Å²) < 4.78 is 47.5. The van der Waals surface area contributed by atoms with Crippen molar-refractivity contribution in [2.45, 2.75) is 13.8 Å². The Balaban J connectivity index is 0. The second-order valence-electron chi connectivity index (χ2n) is 2.56. The van der Waals surface area contributed by atoms with E-state index in [9.17, 15) is 26.4 Å². The van der Waals surface area contributed by atoms with Crippen molar-refractivity contribution < 1.29 is 34.8 Å². The molecule has 0 fully saturated rings. The lowest BCUT2D eigenvalue weighted by Gasteiger charge is -1.92. The van der Waals surface area contributed by atoms with Crippen molar-refractivity contribution in [1.82, 2.24) is 0 Å². The summed E-state index contributed by atoms with van der Waals surface area (Å²) in [5, 5.41) is 0. The van der Waals surface area contributed by atoms with Crippen LogP contribution in [0.15, 0.2) is 0 Å². The van der Waals surface area contributed by atoms with E-state index in [1.54, 1.807) is 0 Å². The van der Waals surface area contributed by atoms with E-state index < -0.39 is 32.2 Å². The molecule has 0 heterocycles. The molecule has 0 N–H and O–H groups in total. The minimum absolute atomic E-state index is 0.812. The zero-order valence-electron chi connectivity index (χ0n) is 9.08. The normalized spacial score (nSPS) is 10.8. The molecular formula is C6H12O8S2. The van der Waals surface area contributed by atoms with E-state index in [0.717, 1.165) is 26.4 Å². The molecule has 0 saturated carbocycles. The Bertz CT molecular complexity index is 399. The van der Waals surface area contributed by atoms with Gasteiger partial charge in [0.2, 0.25) is 0 Å². The van der Waals surface area contributed by atoms with Crippen molar-refractivity contribution in [3.8, 4) is 0 Å². The van der Waals surface area contributed by atoms with Crippen LogP contribution in [-0.4, -0.2) is 41.3 Å². The topological polar surface area (TPSA) is 121 Å². The molecule has 16 heavy (non-hydrogen) atoms. The molecule has 0 bridgehead atoms. The Hall–Kier alpha value is -1.16. The van der Waals surface area contributed by atoms with Gasteiger partial charge in [0, 0.05) is 13.8 Å². The molecule has 0 aromatic rings. The number of rotatable bonds is 2. The number of hydrogen-bond donors (Lipinski definition) is 0. The van der Waals surface area contributed by atoms with Gasteiger partial charge in [-0.1, -0.05) is 0 Å². The lowest BCUT2D eigenvalue weighted by molar-refractivity contribution is -0.132. The second kappa shape index (κ2) is 6.43. The Morgan fingerprint density at radius 2 is 0.938 bits per heavy atom. The Kier molecular flexibility index (Phi) is 6.93. The van der Waals surface area contributed by atoms with Crippen LogP contribution in [0.25, 0.3) is 0 Å². The molecule has 0 saturated heterocycles.